The molecule has 1 heterocycles. The van der Waals surface area contributed by atoms with Gasteiger partial charge in [-0.1, -0.05) is 13.3 Å². The molecule has 3 nitrogen and oxygen atoms in total. The van der Waals surface area contributed by atoms with E-state index in [1.807, 2.05) is 0 Å². The van der Waals surface area contributed by atoms with Crippen LogP contribution in [0, 0.1) is 0 Å². The number of unbranched alkanes of at least 4 members (excludes halogenated alkanes) is 1. The van der Waals surface area contributed by atoms with Crippen molar-refractivity contribution in [3.63, 3.8) is 0 Å². The molecule has 2 N–H and O–H groups in total. The van der Waals surface area contributed by atoms with Gasteiger partial charge in [-0.25, -0.2) is 0 Å². The summed E-state index contributed by atoms with van der Waals surface area (Å²) < 4.78 is 0. The van der Waals surface area contributed by atoms with Crippen molar-refractivity contribution < 1.29 is 5.11 Å². The third-order valence-corrected chi connectivity index (χ3v) is 2.74. The van der Waals surface area contributed by atoms with Gasteiger partial charge in [0.05, 0.1) is 6.61 Å². The summed E-state index contributed by atoms with van der Waals surface area (Å²) in [5, 5.41) is 12.3. The van der Waals surface area contributed by atoms with Crippen LogP contribution in [0.1, 0.15) is 26.2 Å². The lowest BCUT2D eigenvalue weighted by molar-refractivity contribution is 0.156. The lowest BCUT2D eigenvalue weighted by Gasteiger charge is -2.27. The normalized spacial score (nSPS) is 22.8. The number of aliphatic hydroxyl groups excluding tert-OH is 1. The minimum atomic E-state index is 0.292. The standard InChI is InChI=1S/C10H22N2O/c1-2-3-6-12(7-8-13)10-4-5-11-9-10/h10-11,13H,2-9H2,1H3. The maximum atomic E-state index is 8.93. The molecule has 0 spiro atoms. The van der Waals surface area contributed by atoms with Crippen molar-refractivity contribution >= 4 is 0 Å². The molecule has 0 aliphatic carbocycles. The number of hydrogen-bond donors (Lipinski definition) is 2. The van der Waals surface area contributed by atoms with Gasteiger partial charge in [-0.15, -0.1) is 0 Å². The van der Waals surface area contributed by atoms with Gasteiger partial charge in [0, 0.05) is 19.1 Å². The highest BCUT2D eigenvalue weighted by Crippen LogP contribution is 2.09. The van der Waals surface area contributed by atoms with Crippen molar-refractivity contribution in [1.29, 1.82) is 0 Å². The Morgan fingerprint density at radius 1 is 1.46 bits per heavy atom. The maximum absolute atomic E-state index is 8.93. The molecule has 0 saturated carbocycles. The van der Waals surface area contributed by atoms with Crippen LogP contribution < -0.4 is 5.32 Å². The highest BCUT2D eigenvalue weighted by atomic mass is 16.3. The fourth-order valence-electron chi connectivity index (χ4n) is 1.92. The van der Waals surface area contributed by atoms with E-state index in [0.717, 1.165) is 26.2 Å². The molecule has 1 fully saturated rings. The Balaban J connectivity index is 2.26. The van der Waals surface area contributed by atoms with Crippen LogP contribution in [0.2, 0.25) is 0 Å². The summed E-state index contributed by atoms with van der Waals surface area (Å²) in [6, 6.07) is 0.665. The molecule has 3 heteroatoms. The van der Waals surface area contributed by atoms with Crippen LogP contribution in [0.25, 0.3) is 0 Å². The second-order valence-electron chi connectivity index (χ2n) is 3.76. The van der Waals surface area contributed by atoms with Crippen LogP contribution >= 0.6 is 0 Å². The van der Waals surface area contributed by atoms with Gasteiger partial charge in [0.1, 0.15) is 0 Å². The second-order valence-corrected chi connectivity index (χ2v) is 3.76. The van der Waals surface area contributed by atoms with E-state index in [2.05, 4.69) is 17.1 Å². The minimum Gasteiger partial charge on any atom is -0.395 e. The van der Waals surface area contributed by atoms with Gasteiger partial charge in [-0.05, 0) is 25.9 Å². The van der Waals surface area contributed by atoms with E-state index in [9.17, 15) is 0 Å². The summed E-state index contributed by atoms with van der Waals surface area (Å²) in [7, 11) is 0. The van der Waals surface area contributed by atoms with Crippen LogP contribution in [0.5, 0.6) is 0 Å². The molecule has 1 aliphatic heterocycles. The highest BCUT2D eigenvalue weighted by molar-refractivity contribution is 4.80. The molecule has 0 aromatic rings. The molecule has 1 unspecified atom stereocenters. The number of nitrogens with one attached hydrogen (secondary N) is 1. The Bertz CT molecular complexity index is 124. The average Bonchev–Trinajstić information content (AvgIpc) is 2.65. The molecule has 1 rings (SSSR count). The van der Waals surface area contributed by atoms with Gasteiger partial charge in [0.25, 0.3) is 0 Å². The fourth-order valence-corrected chi connectivity index (χ4v) is 1.92. The zero-order chi connectivity index (χ0) is 9.52. The predicted molar refractivity (Wildman–Crippen MR) is 54.8 cm³/mol. The van der Waals surface area contributed by atoms with Crippen molar-refractivity contribution in [3.05, 3.63) is 0 Å². The van der Waals surface area contributed by atoms with Gasteiger partial charge in [0.2, 0.25) is 0 Å². The second kappa shape index (κ2) is 6.35. The zero-order valence-electron chi connectivity index (χ0n) is 8.63. The molecule has 0 aromatic heterocycles. The van der Waals surface area contributed by atoms with Gasteiger partial charge >= 0.3 is 0 Å². The first-order valence-electron chi connectivity index (χ1n) is 5.44. The maximum Gasteiger partial charge on any atom is 0.0558 e. The molecule has 1 aliphatic rings. The van der Waals surface area contributed by atoms with Gasteiger partial charge in [0.15, 0.2) is 0 Å². The quantitative estimate of drug-likeness (QED) is 0.632. The van der Waals surface area contributed by atoms with Gasteiger partial charge in [-0.3, -0.25) is 4.90 Å². The molecule has 0 amide bonds. The van der Waals surface area contributed by atoms with Crippen LogP contribution in [-0.2, 0) is 0 Å². The lowest BCUT2D eigenvalue weighted by atomic mass is 10.2. The minimum absolute atomic E-state index is 0.292. The Morgan fingerprint density at radius 3 is 2.85 bits per heavy atom. The van der Waals surface area contributed by atoms with Gasteiger partial charge in [-0.2, -0.15) is 0 Å². The Hall–Kier alpha value is -0.120. The zero-order valence-corrected chi connectivity index (χ0v) is 8.63. The molecule has 78 valence electrons. The van der Waals surface area contributed by atoms with Gasteiger partial charge < -0.3 is 10.4 Å². The largest absolute Gasteiger partial charge is 0.395 e. The van der Waals surface area contributed by atoms with E-state index >= 15 is 0 Å². The van der Waals surface area contributed by atoms with Crippen molar-refractivity contribution in [1.82, 2.24) is 10.2 Å². The molecule has 13 heavy (non-hydrogen) atoms. The summed E-state index contributed by atoms with van der Waals surface area (Å²) in [5.74, 6) is 0. The molecule has 1 atom stereocenters. The third-order valence-electron chi connectivity index (χ3n) is 2.74. The summed E-state index contributed by atoms with van der Waals surface area (Å²) in [4.78, 5) is 2.42. The van der Waals surface area contributed by atoms with Crippen LogP contribution in [0.15, 0.2) is 0 Å². The van der Waals surface area contributed by atoms with E-state index in [-0.39, 0.29) is 0 Å². The first kappa shape index (κ1) is 11.0. The Kier molecular flexibility index (Phi) is 5.35. The highest BCUT2D eigenvalue weighted by Gasteiger charge is 2.20. The molecular weight excluding hydrogens is 164 g/mol. The molecule has 0 bridgehead atoms. The number of hydrogen-bond acceptors (Lipinski definition) is 3. The lowest BCUT2D eigenvalue weighted by Crippen LogP contribution is -2.39. The Labute approximate surface area is 81.1 Å². The van der Waals surface area contributed by atoms with Crippen molar-refractivity contribution in [3.8, 4) is 0 Å². The molecule has 1 saturated heterocycles. The molecule has 0 radical (unpaired) electrons. The van der Waals surface area contributed by atoms with E-state index in [1.54, 1.807) is 0 Å². The number of rotatable bonds is 6. The first-order chi connectivity index (χ1) is 6.38. The van der Waals surface area contributed by atoms with E-state index in [0.29, 0.717) is 12.6 Å². The topological polar surface area (TPSA) is 35.5 Å². The van der Waals surface area contributed by atoms with E-state index < -0.39 is 0 Å². The summed E-state index contributed by atoms with van der Waals surface area (Å²) >= 11 is 0. The summed E-state index contributed by atoms with van der Waals surface area (Å²) in [6.07, 6.45) is 3.72. The number of aliphatic hydroxyl groups is 1. The number of nitrogens with zero attached hydrogens (tertiary/aromatic N) is 1. The van der Waals surface area contributed by atoms with Crippen LogP contribution in [-0.4, -0.2) is 48.8 Å². The SMILES string of the molecule is CCCCN(CCO)C1CCNC1. The molecular formula is C10H22N2O. The smallest absolute Gasteiger partial charge is 0.0558 e. The van der Waals surface area contributed by atoms with Crippen molar-refractivity contribution in [2.75, 3.05) is 32.8 Å². The monoisotopic (exact) mass is 186 g/mol. The summed E-state index contributed by atoms with van der Waals surface area (Å²) in [6.45, 7) is 6.72. The third kappa shape index (κ3) is 3.63. The fraction of sp³-hybridized carbons (Fsp3) is 1.00. The molecule has 0 aromatic carbocycles. The first-order valence-corrected chi connectivity index (χ1v) is 5.44. The van der Waals surface area contributed by atoms with Crippen LogP contribution in [0.3, 0.4) is 0 Å². The average molecular weight is 186 g/mol. The summed E-state index contributed by atoms with van der Waals surface area (Å²) in [5.41, 5.74) is 0. The predicted octanol–water partition coefficient (Wildman–Crippen LogP) is 0.443. The van der Waals surface area contributed by atoms with E-state index in [4.69, 9.17) is 5.11 Å². The van der Waals surface area contributed by atoms with Crippen molar-refractivity contribution in [2.24, 2.45) is 0 Å². The van der Waals surface area contributed by atoms with Crippen LogP contribution in [0.4, 0.5) is 0 Å². The Morgan fingerprint density at radius 2 is 2.31 bits per heavy atom. The van der Waals surface area contributed by atoms with Crippen molar-refractivity contribution in [2.45, 2.75) is 32.2 Å². The van der Waals surface area contributed by atoms with E-state index in [1.165, 1.54) is 19.3 Å².